The zero-order chi connectivity index (χ0) is 32.8. The number of hydrogen-bond donors (Lipinski definition) is 0. The van der Waals surface area contributed by atoms with E-state index < -0.39 is 24.1 Å². The SMILES string of the molecule is COC(=O)C[C@H]1Cc2ccccc2CN1C(=O)CN(CCc1ccccc1)C(=O)[C@H]1Cc2ccccc2N1C(=O)OCC(C)(C)C. The largest absolute Gasteiger partial charge is 0.469 e. The second-order valence-corrected chi connectivity index (χ2v) is 13.3. The van der Waals surface area contributed by atoms with Gasteiger partial charge in [0.25, 0.3) is 0 Å². The predicted molar refractivity (Wildman–Crippen MR) is 175 cm³/mol. The maximum atomic E-state index is 14.5. The molecule has 2 aliphatic rings. The minimum Gasteiger partial charge on any atom is -0.469 e. The molecule has 46 heavy (non-hydrogen) atoms. The van der Waals surface area contributed by atoms with E-state index in [1.807, 2.05) is 99.6 Å². The van der Waals surface area contributed by atoms with Crippen molar-refractivity contribution in [3.05, 3.63) is 101 Å². The van der Waals surface area contributed by atoms with Crippen LogP contribution in [0.15, 0.2) is 78.9 Å². The number of benzene rings is 3. The molecule has 0 radical (unpaired) electrons. The smallest absolute Gasteiger partial charge is 0.415 e. The highest BCUT2D eigenvalue weighted by Gasteiger charge is 2.42. The molecule has 0 aromatic heterocycles. The first kappa shape index (κ1) is 32.7. The number of fused-ring (bicyclic) bond motifs is 2. The van der Waals surface area contributed by atoms with Crippen molar-refractivity contribution < 1.29 is 28.7 Å². The Morgan fingerprint density at radius 1 is 0.848 bits per heavy atom. The molecule has 0 spiro atoms. The van der Waals surface area contributed by atoms with Gasteiger partial charge in [-0.2, -0.15) is 0 Å². The quantitative estimate of drug-likeness (QED) is 0.304. The van der Waals surface area contributed by atoms with E-state index >= 15 is 0 Å². The van der Waals surface area contributed by atoms with Crippen LogP contribution in [-0.4, -0.2) is 72.6 Å². The Bertz CT molecular complexity index is 1570. The monoisotopic (exact) mass is 625 g/mol. The highest BCUT2D eigenvalue weighted by molar-refractivity contribution is 6.01. The van der Waals surface area contributed by atoms with Crippen molar-refractivity contribution >= 4 is 29.6 Å². The van der Waals surface area contributed by atoms with Crippen molar-refractivity contribution in [3.63, 3.8) is 0 Å². The van der Waals surface area contributed by atoms with Crippen LogP contribution >= 0.6 is 0 Å². The van der Waals surface area contributed by atoms with Crippen LogP contribution in [0.25, 0.3) is 0 Å². The van der Waals surface area contributed by atoms with Gasteiger partial charge < -0.3 is 19.3 Å². The van der Waals surface area contributed by atoms with Crippen LogP contribution in [-0.2, 0) is 49.7 Å². The molecule has 5 rings (SSSR count). The van der Waals surface area contributed by atoms with Gasteiger partial charge in [0.15, 0.2) is 0 Å². The van der Waals surface area contributed by atoms with Gasteiger partial charge in [0.1, 0.15) is 6.04 Å². The van der Waals surface area contributed by atoms with Crippen LogP contribution in [0.2, 0.25) is 0 Å². The second-order valence-electron chi connectivity index (χ2n) is 13.3. The van der Waals surface area contributed by atoms with Gasteiger partial charge >= 0.3 is 12.1 Å². The third-order valence-electron chi connectivity index (χ3n) is 8.54. The van der Waals surface area contributed by atoms with E-state index in [1.165, 1.54) is 12.0 Å². The van der Waals surface area contributed by atoms with E-state index in [0.29, 0.717) is 31.5 Å². The minimum atomic E-state index is -0.860. The molecule has 0 bridgehead atoms. The Hall–Kier alpha value is -4.66. The normalized spacial score (nSPS) is 17.1. The summed E-state index contributed by atoms with van der Waals surface area (Å²) in [4.78, 5) is 59.3. The third-order valence-corrected chi connectivity index (χ3v) is 8.54. The number of anilines is 1. The van der Waals surface area contributed by atoms with Gasteiger partial charge in [0.05, 0.1) is 32.4 Å². The summed E-state index contributed by atoms with van der Waals surface area (Å²) in [5.74, 6) is -0.982. The summed E-state index contributed by atoms with van der Waals surface area (Å²) in [5, 5.41) is 0. The molecule has 2 aliphatic heterocycles. The van der Waals surface area contributed by atoms with Crippen LogP contribution in [0, 0.1) is 5.41 Å². The molecule has 0 saturated carbocycles. The van der Waals surface area contributed by atoms with Gasteiger partial charge in [0, 0.05) is 25.6 Å². The number of carbonyl (C=O) groups excluding carboxylic acids is 4. The molecule has 3 aromatic rings. The average molecular weight is 626 g/mol. The Morgan fingerprint density at radius 3 is 2.20 bits per heavy atom. The number of carbonyl (C=O) groups is 4. The van der Waals surface area contributed by atoms with Gasteiger partial charge in [-0.3, -0.25) is 19.3 Å². The van der Waals surface area contributed by atoms with E-state index in [2.05, 4.69) is 0 Å². The Morgan fingerprint density at radius 2 is 1.50 bits per heavy atom. The lowest BCUT2D eigenvalue weighted by Crippen LogP contribution is -2.54. The zero-order valence-corrected chi connectivity index (χ0v) is 27.1. The van der Waals surface area contributed by atoms with Crippen LogP contribution < -0.4 is 4.90 Å². The van der Waals surface area contributed by atoms with E-state index in [-0.39, 0.29) is 43.3 Å². The van der Waals surface area contributed by atoms with Crippen molar-refractivity contribution in [1.29, 1.82) is 0 Å². The summed E-state index contributed by atoms with van der Waals surface area (Å²) in [5.41, 5.74) is 4.38. The lowest BCUT2D eigenvalue weighted by Gasteiger charge is -2.38. The highest BCUT2D eigenvalue weighted by Crippen LogP contribution is 2.34. The van der Waals surface area contributed by atoms with Gasteiger partial charge in [-0.15, -0.1) is 0 Å². The number of para-hydroxylation sites is 1. The maximum absolute atomic E-state index is 14.5. The summed E-state index contributed by atoms with van der Waals surface area (Å²) >= 11 is 0. The molecule has 242 valence electrons. The van der Waals surface area contributed by atoms with Crippen molar-refractivity contribution in [2.75, 3.05) is 31.7 Å². The molecule has 9 nitrogen and oxygen atoms in total. The molecule has 2 heterocycles. The van der Waals surface area contributed by atoms with Crippen molar-refractivity contribution in [1.82, 2.24) is 9.80 Å². The lowest BCUT2D eigenvalue weighted by molar-refractivity contribution is -0.147. The molecule has 3 amide bonds. The van der Waals surface area contributed by atoms with Gasteiger partial charge in [-0.25, -0.2) is 4.79 Å². The van der Waals surface area contributed by atoms with Crippen molar-refractivity contribution in [2.45, 2.75) is 65.1 Å². The Balaban J connectivity index is 1.42. The van der Waals surface area contributed by atoms with Gasteiger partial charge in [-0.05, 0) is 46.6 Å². The fourth-order valence-corrected chi connectivity index (χ4v) is 6.14. The van der Waals surface area contributed by atoms with Crippen LogP contribution in [0.4, 0.5) is 10.5 Å². The number of amides is 3. The first-order valence-electron chi connectivity index (χ1n) is 15.8. The van der Waals surface area contributed by atoms with E-state index in [1.54, 1.807) is 9.80 Å². The molecule has 2 atom stereocenters. The number of methoxy groups -OCH3 is 1. The van der Waals surface area contributed by atoms with E-state index in [9.17, 15) is 19.2 Å². The Kier molecular flexibility index (Phi) is 10.1. The predicted octanol–water partition coefficient (Wildman–Crippen LogP) is 5.19. The van der Waals surface area contributed by atoms with E-state index in [4.69, 9.17) is 9.47 Å². The summed E-state index contributed by atoms with van der Waals surface area (Å²) in [7, 11) is 1.34. The van der Waals surface area contributed by atoms with Crippen molar-refractivity contribution in [3.8, 4) is 0 Å². The fourth-order valence-electron chi connectivity index (χ4n) is 6.14. The first-order valence-corrected chi connectivity index (χ1v) is 15.8. The molecule has 0 saturated heterocycles. The van der Waals surface area contributed by atoms with Crippen LogP contribution in [0.3, 0.4) is 0 Å². The molecule has 0 aliphatic carbocycles. The molecule has 9 heteroatoms. The number of nitrogens with zero attached hydrogens (tertiary/aromatic N) is 3. The van der Waals surface area contributed by atoms with Gasteiger partial charge in [0.2, 0.25) is 11.8 Å². The van der Waals surface area contributed by atoms with Crippen LogP contribution in [0.5, 0.6) is 0 Å². The second kappa shape index (κ2) is 14.2. The fraction of sp³-hybridized carbons (Fsp3) is 0.405. The summed E-state index contributed by atoms with van der Waals surface area (Å²) in [6.07, 6.45) is 0.832. The molecular formula is C37H43N3O6. The first-order chi connectivity index (χ1) is 22.0. The van der Waals surface area contributed by atoms with Gasteiger partial charge in [-0.1, -0.05) is 93.6 Å². The Labute approximate surface area is 271 Å². The summed E-state index contributed by atoms with van der Waals surface area (Å²) < 4.78 is 10.7. The summed E-state index contributed by atoms with van der Waals surface area (Å²) in [6.45, 7) is 6.54. The highest BCUT2D eigenvalue weighted by atomic mass is 16.6. The minimum absolute atomic E-state index is 0.0554. The molecule has 3 aromatic carbocycles. The molecular weight excluding hydrogens is 582 g/mol. The number of hydrogen-bond acceptors (Lipinski definition) is 6. The molecule has 0 N–H and O–H groups in total. The number of rotatable bonds is 9. The summed E-state index contributed by atoms with van der Waals surface area (Å²) in [6, 6.07) is 23.9. The maximum Gasteiger partial charge on any atom is 0.415 e. The third kappa shape index (κ3) is 7.76. The number of ether oxygens (including phenoxy) is 2. The molecule has 0 unspecified atom stereocenters. The van der Waals surface area contributed by atoms with Crippen molar-refractivity contribution in [2.24, 2.45) is 5.41 Å². The lowest BCUT2D eigenvalue weighted by atomic mass is 9.92. The standard InChI is InChI=1S/C37H43N3O6/c1-37(2,3)25-46-36(44)40-31-17-11-10-15-28(31)21-32(40)35(43)38(19-18-26-12-6-5-7-13-26)24-33(41)39-23-29-16-9-8-14-27(29)20-30(39)22-34(42)45-4/h5-17,30,32H,18-25H2,1-4H3/t30-,32-/m1/s1. The van der Waals surface area contributed by atoms with E-state index in [0.717, 1.165) is 22.3 Å². The molecule has 0 fully saturated rings. The van der Waals surface area contributed by atoms with Crippen LogP contribution in [0.1, 0.15) is 49.4 Å². The topological polar surface area (TPSA) is 96.5 Å². The average Bonchev–Trinajstić information content (AvgIpc) is 3.44. The zero-order valence-electron chi connectivity index (χ0n) is 27.1. The number of esters is 1.